The Morgan fingerprint density at radius 1 is 0.500 bits per heavy atom. The summed E-state index contributed by atoms with van der Waals surface area (Å²) in [7, 11) is 4.67. The predicted molar refractivity (Wildman–Crippen MR) is 329 cm³/mol. The number of hydrogen-bond donors (Lipinski definition) is 8. The maximum Gasteiger partial charge on any atom is 0.377 e. The lowest BCUT2D eigenvalue weighted by Crippen LogP contribution is -2.22. The molecule has 3 atom stereocenters. The number of nitriles is 3. The van der Waals surface area contributed by atoms with Gasteiger partial charge in [0.05, 0.1) is 65.0 Å². The summed E-state index contributed by atoms with van der Waals surface area (Å²) in [5.41, 5.74) is 2.48. The molecule has 1 unspecified atom stereocenters. The zero-order valence-corrected chi connectivity index (χ0v) is 51.6. The van der Waals surface area contributed by atoms with Crippen molar-refractivity contribution in [1.29, 1.82) is 15.8 Å². The third-order valence-corrected chi connectivity index (χ3v) is 14.4. The first-order valence-electron chi connectivity index (χ1n) is 26.9. The maximum atomic E-state index is 13.5. The summed E-state index contributed by atoms with van der Waals surface area (Å²) in [6.07, 6.45) is 14.7. The average Bonchev–Trinajstić information content (AvgIpc) is 1.74. The highest BCUT2D eigenvalue weighted by atomic mass is 35.5. The second kappa shape index (κ2) is 34.0. The van der Waals surface area contributed by atoms with E-state index in [9.17, 15) is 56.3 Å². The molecule has 0 aliphatic rings. The molecule has 0 radical (unpaired) electrons. The number of aliphatic carboxylic acids is 1. The number of aromatic nitrogens is 3. The molecule has 3 amide bonds. The van der Waals surface area contributed by atoms with Crippen LogP contribution in [0.25, 0.3) is 0 Å². The number of hydrogen-bond acceptors (Lipinski definition) is 16. The molecule has 0 saturated carbocycles. The Morgan fingerprint density at radius 2 is 0.783 bits per heavy atom. The molecule has 0 bridgehead atoms. The summed E-state index contributed by atoms with van der Waals surface area (Å²) in [5, 5.41) is 69.8. The van der Waals surface area contributed by atoms with Crippen molar-refractivity contribution in [2.45, 2.75) is 60.4 Å². The van der Waals surface area contributed by atoms with Gasteiger partial charge in [-0.15, -0.1) is 31.1 Å². The van der Waals surface area contributed by atoms with E-state index < -0.39 is 101 Å². The Labute approximate surface area is 531 Å². The van der Waals surface area contributed by atoms with Crippen molar-refractivity contribution in [1.82, 2.24) is 18.5 Å². The highest BCUT2D eigenvalue weighted by Crippen LogP contribution is 2.28. The summed E-state index contributed by atoms with van der Waals surface area (Å²) < 4.78 is 44.7. The van der Waals surface area contributed by atoms with Gasteiger partial charge in [-0.05, 0) is 125 Å². The number of amides is 3. The van der Waals surface area contributed by atoms with Crippen LogP contribution in [0.15, 0.2) is 54.6 Å². The van der Waals surface area contributed by atoms with Crippen molar-refractivity contribution in [2.75, 3.05) is 35.8 Å². The van der Waals surface area contributed by atoms with Crippen LogP contribution in [0.2, 0.25) is 0 Å². The highest BCUT2D eigenvalue weighted by Gasteiger charge is 2.32. The first-order chi connectivity index (χ1) is 43.3. The van der Waals surface area contributed by atoms with Crippen molar-refractivity contribution < 1.29 is 76.7 Å². The van der Waals surface area contributed by atoms with Crippen molar-refractivity contribution in [2.24, 2.45) is 33.0 Å². The molecule has 0 saturated heterocycles. The summed E-state index contributed by atoms with van der Waals surface area (Å²) in [6, 6.07) is 15.3. The van der Waals surface area contributed by atoms with Crippen LogP contribution in [0.4, 0.5) is 30.2 Å². The third kappa shape index (κ3) is 17.8. The van der Waals surface area contributed by atoms with Crippen molar-refractivity contribution in [3.8, 4) is 55.2 Å². The second-order valence-corrected chi connectivity index (χ2v) is 20.1. The average molecular weight is 1280 g/mol. The monoisotopic (exact) mass is 1280 g/mol. The van der Waals surface area contributed by atoms with Gasteiger partial charge in [-0.25, -0.2) is 22.8 Å². The minimum absolute atomic E-state index is 0.0445. The van der Waals surface area contributed by atoms with Gasteiger partial charge in [-0.2, -0.15) is 15.8 Å². The molecular formula is C65H60ClF3N10O13. The van der Waals surface area contributed by atoms with Gasteiger partial charge < -0.3 is 50.1 Å². The van der Waals surface area contributed by atoms with Crippen LogP contribution in [0.1, 0.15) is 126 Å². The number of carbonyl (C=O) groups is 9. The smallest absolute Gasteiger partial charge is 0.377 e. The molecule has 3 aromatic heterocycles. The number of carboxylic acids is 1. The van der Waals surface area contributed by atoms with Crippen LogP contribution < -0.4 is 20.8 Å². The molecule has 6 rings (SSSR count). The number of halogens is 4. The van der Waals surface area contributed by atoms with E-state index in [0.717, 1.165) is 18.2 Å². The molecule has 0 aliphatic heterocycles. The lowest BCUT2D eigenvalue weighted by molar-refractivity contribution is -0.131. The number of aliphatic hydroxyl groups is 3. The van der Waals surface area contributed by atoms with E-state index >= 15 is 0 Å². The first-order valence-corrected chi connectivity index (χ1v) is 27.2. The van der Waals surface area contributed by atoms with Gasteiger partial charge in [0.1, 0.15) is 58.8 Å². The number of Topliss-reactive ketones (excluding diaryl/α,β-unsaturated/α-hetero) is 5. The van der Waals surface area contributed by atoms with E-state index in [1.807, 2.05) is 0 Å². The first kappa shape index (κ1) is 75.1. The van der Waals surface area contributed by atoms with Gasteiger partial charge in [-0.1, -0.05) is 5.92 Å². The molecule has 0 spiro atoms. The van der Waals surface area contributed by atoms with Crippen molar-refractivity contribution in [3.63, 3.8) is 0 Å². The normalized spacial score (nSPS) is 11.1. The Bertz CT molecular complexity index is 4030. The van der Waals surface area contributed by atoms with Crippen molar-refractivity contribution in [3.05, 3.63) is 156 Å². The standard InChI is InChI=1S/2C22H20FN3O4.C17H14FN3O4.C4H6ClNO/c2*1-5-14(11-27)8-18(28)21(29)19-12(2)20(26(4)13(19)3)22(30)25-16-6-7-17(23)15(9-16)10-24;1-8-13(15(22)17(24)25)9(2)21(3)14(8)16(23)20-11-4-5-12(18)10(6-11)7-19;1-2-4(3-7)6-5/h2*1,6-7,9,14,27H,8,11H2,2-4H3,(H,25,30);4-6H,1-3H3,(H,20,23)(H,24,25);1,4,6-7H,3H2/t2*14-;;/m10../s1. The second-order valence-electron chi connectivity index (χ2n) is 19.9. The molecule has 6 aromatic rings. The van der Waals surface area contributed by atoms with Gasteiger partial charge in [0.2, 0.25) is 23.1 Å². The SMILES string of the molecule is C#CC(CO)NCl.C#C[C@@H](CO)CC(=O)C(=O)c1c(C)c(C(=O)Nc2ccc(F)c(C#N)c2)n(C)c1C.C#C[C@H](CO)CC(=O)C(=O)c1c(C)c(C(=O)Nc2ccc(F)c(C#N)c2)n(C)c1C.Cc1c(C(=O)C(=O)O)c(C)n(C)c1C(=O)Nc1ccc(F)c(C#N)c1. The summed E-state index contributed by atoms with van der Waals surface area (Å²) in [6.45, 7) is 8.32. The van der Waals surface area contributed by atoms with Crippen LogP contribution in [0.5, 0.6) is 0 Å². The predicted octanol–water partition coefficient (Wildman–Crippen LogP) is 6.47. The van der Waals surface area contributed by atoms with Crippen LogP contribution >= 0.6 is 11.8 Å². The van der Waals surface area contributed by atoms with Crippen LogP contribution in [0, 0.1) is 142 Å². The number of anilines is 3. The van der Waals surface area contributed by atoms with E-state index in [4.69, 9.17) is 67.3 Å². The van der Waals surface area contributed by atoms with Crippen molar-refractivity contribution >= 4 is 81.4 Å². The Kier molecular flexibility index (Phi) is 27.7. The topological polar surface area (TPSA) is 369 Å². The third-order valence-electron chi connectivity index (χ3n) is 14.1. The minimum atomic E-state index is -1.61. The van der Waals surface area contributed by atoms with Crippen LogP contribution in [-0.4, -0.2) is 113 Å². The van der Waals surface area contributed by atoms with E-state index in [-0.39, 0.29) is 92.5 Å². The van der Waals surface area contributed by atoms with Gasteiger partial charge >= 0.3 is 5.97 Å². The van der Waals surface area contributed by atoms with E-state index in [0.29, 0.717) is 28.2 Å². The number of ketones is 5. The van der Waals surface area contributed by atoms with E-state index in [2.05, 4.69) is 38.5 Å². The summed E-state index contributed by atoms with van der Waals surface area (Å²) in [4.78, 5) is 113. The molecule has 476 valence electrons. The quantitative estimate of drug-likeness (QED) is 0.0176. The molecule has 3 heterocycles. The number of aliphatic hydroxyl groups excluding tert-OH is 3. The number of benzene rings is 3. The molecule has 92 heavy (non-hydrogen) atoms. The van der Waals surface area contributed by atoms with Gasteiger partial charge in [0, 0.05) is 68.1 Å². The van der Waals surface area contributed by atoms with Gasteiger partial charge in [0.25, 0.3) is 23.5 Å². The number of carbonyl (C=O) groups excluding carboxylic acids is 8. The lowest BCUT2D eigenvalue weighted by atomic mass is 9.96. The van der Waals surface area contributed by atoms with Crippen LogP contribution in [-0.2, 0) is 35.5 Å². The summed E-state index contributed by atoms with van der Waals surface area (Å²) >= 11 is 5.02. The molecular weight excluding hydrogens is 1220 g/mol. The molecule has 0 aliphatic carbocycles. The lowest BCUT2D eigenvalue weighted by Gasteiger charge is -2.08. The number of terminal acetylenes is 3. The highest BCUT2D eigenvalue weighted by molar-refractivity contribution is 6.45. The Balaban J connectivity index is 0.000000343. The fourth-order valence-corrected chi connectivity index (χ4v) is 9.16. The number of nitrogens with zero attached hydrogens (tertiary/aromatic N) is 6. The number of nitrogens with one attached hydrogen (secondary N) is 4. The Hall–Kier alpha value is -11.2. The van der Waals surface area contributed by atoms with Gasteiger partial charge in [-0.3, -0.25) is 38.4 Å². The molecule has 3 aromatic carbocycles. The maximum absolute atomic E-state index is 13.5. The zero-order valence-electron chi connectivity index (χ0n) is 50.9. The molecule has 0 fully saturated rings. The molecule has 8 N–H and O–H groups in total. The largest absolute Gasteiger partial charge is 0.475 e. The fourth-order valence-electron chi connectivity index (χ4n) is 9.03. The molecule has 23 nitrogen and oxygen atoms in total. The summed E-state index contributed by atoms with van der Waals surface area (Å²) in [5.74, 6) is -4.52. The van der Waals surface area contributed by atoms with E-state index in [1.165, 1.54) is 71.0 Å². The fraction of sp³-hybridized carbons (Fsp3) is 0.262. The number of carboxylic acid groups (broad SMARTS) is 1. The minimum Gasteiger partial charge on any atom is -0.475 e. The Morgan fingerprint density at radius 3 is 0.989 bits per heavy atom. The van der Waals surface area contributed by atoms with E-state index in [1.54, 1.807) is 60.0 Å². The van der Waals surface area contributed by atoms with Crippen LogP contribution in [0.3, 0.4) is 0 Å². The molecule has 27 heteroatoms. The number of rotatable bonds is 20. The van der Waals surface area contributed by atoms with Gasteiger partial charge in [0.15, 0.2) is 0 Å². The zero-order chi connectivity index (χ0) is 69.8.